The summed E-state index contributed by atoms with van der Waals surface area (Å²) in [7, 11) is 3.17. The molecule has 5 nitrogen and oxygen atoms in total. The number of piperidine rings is 1. The van der Waals surface area contributed by atoms with Crippen LogP contribution < -0.4 is 10.6 Å². The zero-order valence-electron chi connectivity index (χ0n) is 12.6. The molecule has 5 heteroatoms. The van der Waals surface area contributed by atoms with Crippen LogP contribution in [0.3, 0.4) is 0 Å². The van der Waals surface area contributed by atoms with Gasteiger partial charge in [0.1, 0.15) is 0 Å². The van der Waals surface area contributed by atoms with E-state index in [9.17, 15) is 4.79 Å². The first-order chi connectivity index (χ1) is 9.09. The van der Waals surface area contributed by atoms with Crippen molar-refractivity contribution in [2.24, 2.45) is 5.41 Å². The molecule has 0 aromatic heterocycles. The largest absolute Gasteiger partial charge is 0.354 e. The van der Waals surface area contributed by atoms with Gasteiger partial charge in [0.2, 0.25) is 5.91 Å². The minimum absolute atomic E-state index is 0.119. The zero-order valence-corrected chi connectivity index (χ0v) is 12.6. The molecule has 0 bridgehead atoms. The fraction of sp³-hybridized carbons (Fsp3) is 0.929. The molecule has 1 heterocycles. The van der Waals surface area contributed by atoms with E-state index in [2.05, 4.69) is 17.6 Å². The fourth-order valence-corrected chi connectivity index (χ4v) is 2.90. The van der Waals surface area contributed by atoms with Crippen molar-refractivity contribution in [2.45, 2.75) is 51.9 Å². The van der Waals surface area contributed by atoms with Gasteiger partial charge in [0.25, 0.3) is 0 Å². The lowest BCUT2D eigenvalue weighted by atomic mass is 9.76. The Bertz CT molecular complexity index is 268. The van der Waals surface area contributed by atoms with Gasteiger partial charge in [-0.05, 0) is 32.7 Å². The highest BCUT2D eigenvalue weighted by Crippen LogP contribution is 2.32. The van der Waals surface area contributed by atoms with Gasteiger partial charge in [-0.25, -0.2) is 0 Å². The Morgan fingerprint density at radius 1 is 1.42 bits per heavy atom. The standard InChI is InChI=1S/C14H28N2O3/c1-5-7-14(8-6-9-15-10-14)13(17)16-11(2)12(18-3)19-4/h11-12,15H,5-10H2,1-4H3,(H,16,17). The van der Waals surface area contributed by atoms with E-state index in [4.69, 9.17) is 9.47 Å². The summed E-state index contributed by atoms with van der Waals surface area (Å²) in [6, 6.07) is -0.154. The van der Waals surface area contributed by atoms with E-state index in [1.807, 2.05) is 6.92 Å². The normalized spacial score (nSPS) is 25.3. The summed E-state index contributed by atoms with van der Waals surface area (Å²) in [6.45, 7) is 5.81. The molecule has 0 aliphatic carbocycles. The maximum Gasteiger partial charge on any atom is 0.227 e. The van der Waals surface area contributed by atoms with Gasteiger partial charge in [0.15, 0.2) is 6.29 Å². The molecule has 0 radical (unpaired) electrons. The highest BCUT2D eigenvalue weighted by Gasteiger charge is 2.39. The highest BCUT2D eigenvalue weighted by atomic mass is 16.7. The van der Waals surface area contributed by atoms with Crippen LogP contribution in [0, 0.1) is 5.41 Å². The average Bonchev–Trinajstić information content (AvgIpc) is 2.41. The molecule has 1 rings (SSSR count). The minimum atomic E-state index is -0.404. The number of carbonyl (C=O) groups excluding carboxylic acids is 1. The van der Waals surface area contributed by atoms with Crippen molar-refractivity contribution >= 4 is 5.91 Å². The third-order valence-electron chi connectivity index (χ3n) is 3.91. The predicted octanol–water partition coefficient (Wildman–Crippen LogP) is 1.28. The number of hydrogen-bond donors (Lipinski definition) is 2. The Kier molecular flexibility index (Phi) is 6.75. The monoisotopic (exact) mass is 272 g/mol. The summed E-state index contributed by atoms with van der Waals surface area (Å²) in [5, 5.41) is 6.40. The lowest BCUT2D eigenvalue weighted by Crippen LogP contribution is -2.54. The molecule has 0 spiro atoms. The van der Waals surface area contributed by atoms with E-state index < -0.39 is 6.29 Å². The summed E-state index contributed by atoms with van der Waals surface area (Å²) in [5.41, 5.74) is -0.271. The Balaban J connectivity index is 2.66. The van der Waals surface area contributed by atoms with Crippen LogP contribution in [-0.4, -0.2) is 45.5 Å². The van der Waals surface area contributed by atoms with Gasteiger partial charge in [-0.2, -0.15) is 0 Å². The Morgan fingerprint density at radius 3 is 2.58 bits per heavy atom. The molecule has 0 aromatic rings. The van der Waals surface area contributed by atoms with Crippen LogP contribution in [0.25, 0.3) is 0 Å². The van der Waals surface area contributed by atoms with Crippen molar-refractivity contribution in [2.75, 3.05) is 27.3 Å². The molecule has 1 aliphatic heterocycles. The summed E-state index contributed by atoms with van der Waals surface area (Å²) in [6.07, 6.45) is 3.54. The van der Waals surface area contributed by atoms with Gasteiger partial charge in [-0.3, -0.25) is 4.79 Å². The molecule has 2 N–H and O–H groups in total. The first-order valence-corrected chi connectivity index (χ1v) is 7.17. The molecule has 2 atom stereocenters. The lowest BCUT2D eigenvalue weighted by Gasteiger charge is -2.37. The quantitative estimate of drug-likeness (QED) is 0.685. The van der Waals surface area contributed by atoms with Crippen LogP contribution in [0.1, 0.15) is 39.5 Å². The summed E-state index contributed by atoms with van der Waals surface area (Å²) >= 11 is 0. The van der Waals surface area contributed by atoms with Gasteiger partial charge < -0.3 is 20.1 Å². The second-order valence-electron chi connectivity index (χ2n) is 5.41. The molecule has 1 fully saturated rings. The number of methoxy groups -OCH3 is 2. The second-order valence-corrected chi connectivity index (χ2v) is 5.41. The smallest absolute Gasteiger partial charge is 0.227 e. The van der Waals surface area contributed by atoms with Gasteiger partial charge in [0.05, 0.1) is 11.5 Å². The molecule has 0 aromatic carbocycles. The van der Waals surface area contributed by atoms with Crippen LogP contribution in [0.4, 0.5) is 0 Å². The van der Waals surface area contributed by atoms with Gasteiger partial charge in [0, 0.05) is 20.8 Å². The van der Waals surface area contributed by atoms with E-state index in [-0.39, 0.29) is 17.4 Å². The highest BCUT2D eigenvalue weighted by molar-refractivity contribution is 5.83. The maximum absolute atomic E-state index is 12.6. The fourth-order valence-electron chi connectivity index (χ4n) is 2.90. The lowest BCUT2D eigenvalue weighted by molar-refractivity contribution is -0.144. The van der Waals surface area contributed by atoms with Crippen molar-refractivity contribution in [3.8, 4) is 0 Å². The number of rotatable bonds is 7. The zero-order chi connectivity index (χ0) is 14.3. The van der Waals surface area contributed by atoms with Crippen LogP contribution in [0.2, 0.25) is 0 Å². The molecular weight excluding hydrogens is 244 g/mol. The number of nitrogens with one attached hydrogen (secondary N) is 2. The Hall–Kier alpha value is -0.650. The van der Waals surface area contributed by atoms with Gasteiger partial charge in [-0.1, -0.05) is 13.3 Å². The van der Waals surface area contributed by atoms with Gasteiger partial charge >= 0.3 is 0 Å². The molecule has 1 aliphatic rings. The van der Waals surface area contributed by atoms with Crippen molar-refractivity contribution in [1.82, 2.24) is 10.6 Å². The molecule has 112 valence electrons. The van der Waals surface area contributed by atoms with E-state index >= 15 is 0 Å². The van der Waals surface area contributed by atoms with Crippen LogP contribution in [0.15, 0.2) is 0 Å². The summed E-state index contributed by atoms with van der Waals surface area (Å²) < 4.78 is 10.4. The number of ether oxygens (including phenoxy) is 2. The maximum atomic E-state index is 12.6. The topological polar surface area (TPSA) is 59.6 Å². The van der Waals surface area contributed by atoms with E-state index in [0.29, 0.717) is 0 Å². The SMILES string of the molecule is CCCC1(C(=O)NC(C)C(OC)OC)CCCNC1. The van der Waals surface area contributed by atoms with Crippen LogP contribution in [0.5, 0.6) is 0 Å². The summed E-state index contributed by atoms with van der Waals surface area (Å²) in [4.78, 5) is 12.6. The first-order valence-electron chi connectivity index (χ1n) is 7.17. The molecule has 2 unspecified atom stereocenters. The average molecular weight is 272 g/mol. The number of carbonyl (C=O) groups is 1. The van der Waals surface area contributed by atoms with Crippen molar-refractivity contribution in [3.63, 3.8) is 0 Å². The van der Waals surface area contributed by atoms with Crippen molar-refractivity contribution in [3.05, 3.63) is 0 Å². The van der Waals surface area contributed by atoms with E-state index in [1.54, 1.807) is 14.2 Å². The third-order valence-corrected chi connectivity index (χ3v) is 3.91. The molecule has 19 heavy (non-hydrogen) atoms. The molecular formula is C14H28N2O3. The van der Waals surface area contributed by atoms with Crippen LogP contribution in [-0.2, 0) is 14.3 Å². The Labute approximate surface area is 116 Å². The minimum Gasteiger partial charge on any atom is -0.354 e. The van der Waals surface area contributed by atoms with E-state index in [1.165, 1.54) is 0 Å². The molecule has 1 saturated heterocycles. The number of amides is 1. The van der Waals surface area contributed by atoms with Crippen molar-refractivity contribution < 1.29 is 14.3 Å². The molecule has 1 amide bonds. The van der Waals surface area contributed by atoms with Gasteiger partial charge in [-0.15, -0.1) is 0 Å². The Morgan fingerprint density at radius 2 is 2.11 bits per heavy atom. The third kappa shape index (κ3) is 4.16. The number of hydrogen-bond acceptors (Lipinski definition) is 4. The summed E-state index contributed by atoms with van der Waals surface area (Å²) in [5.74, 6) is 0.119. The second kappa shape index (κ2) is 7.82. The van der Waals surface area contributed by atoms with Crippen molar-refractivity contribution in [1.29, 1.82) is 0 Å². The molecule has 0 saturated carbocycles. The first kappa shape index (κ1) is 16.4. The predicted molar refractivity (Wildman–Crippen MR) is 74.9 cm³/mol. The van der Waals surface area contributed by atoms with E-state index in [0.717, 1.165) is 38.8 Å². The van der Waals surface area contributed by atoms with Crippen LogP contribution >= 0.6 is 0 Å².